The predicted octanol–water partition coefficient (Wildman–Crippen LogP) is 7.61. The second-order valence-corrected chi connectivity index (χ2v) is 30.2. The first-order chi connectivity index (χ1) is 45.2. The highest BCUT2D eigenvalue weighted by molar-refractivity contribution is 5.96. The second kappa shape index (κ2) is 37.8. The lowest BCUT2D eigenvalue weighted by molar-refractivity contribution is -0.134. The third-order valence-corrected chi connectivity index (χ3v) is 13.6. The van der Waals surface area contributed by atoms with Gasteiger partial charge >= 0.3 is 36.6 Å². The Labute approximate surface area is 577 Å². The number of benzene rings is 2. The van der Waals surface area contributed by atoms with Crippen molar-refractivity contribution in [2.24, 2.45) is 0 Å². The SMILES string of the molecule is CC(C)(C)OC(=O)NCCC[C@@H](CNC(=O)C[C@H](CCCNC(=O)OC(C)(C)C)NC(=O)[C@H](CCCNC(=O)OC(C)(C)C)NC(=O)[C@@H]1Cc2cccc(c2)-c2ccc(O)c(c2)C[C@H](NC(=O)OC(C)(C)C)C(=O)N[C@@H](CCCNC(=O)OC(C)(C)C)C(=O)N1)NC(=O)OC(C)(C)C. The Balaban J connectivity index is 2.14. The van der Waals surface area contributed by atoms with E-state index in [1.54, 1.807) is 161 Å². The van der Waals surface area contributed by atoms with Gasteiger partial charge in [0.15, 0.2) is 0 Å². The third kappa shape index (κ3) is 36.5. The first kappa shape index (κ1) is 83.4. The van der Waals surface area contributed by atoms with Crippen LogP contribution in [0.4, 0.5) is 28.8 Å². The smallest absolute Gasteiger partial charge is 0.408 e. The molecular formula is C69H111N11O18. The van der Waals surface area contributed by atoms with Crippen LogP contribution in [0.15, 0.2) is 42.5 Å². The summed E-state index contributed by atoms with van der Waals surface area (Å²) in [4.78, 5) is 151. The van der Waals surface area contributed by atoms with Crippen LogP contribution in [0.3, 0.4) is 0 Å². The molecule has 29 nitrogen and oxygen atoms in total. The van der Waals surface area contributed by atoms with Crippen molar-refractivity contribution in [2.75, 3.05) is 32.7 Å². The summed E-state index contributed by atoms with van der Waals surface area (Å²) in [6, 6.07) is 4.16. The van der Waals surface area contributed by atoms with E-state index in [-0.39, 0.29) is 108 Å². The maximum atomic E-state index is 15.2. The molecule has 2 aromatic carbocycles. The lowest BCUT2D eigenvalue weighted by Crippen LogP contribution is -2.59. The van der Waals surface area contributed by atoms with Crippen molar-refractivity contribution < 1.29 is 86.3 Å². The van der Waals surface area contributed by atoms with Gasteiger partial charge in [0, 0.05) is 64.1 Å². The van der Waals surface area contributed by atoms with Gasteiger partial charge in [-0.1, -0.05) is 30.3 Å². The number of amides is 11. The number of fused-ring (bicyclic) bond motifs is 5. The van der Waals surface area contributed by atoms with Gasteiger partial charge in [0.05, 0.1) is 0 Å². The highest BCUT2D eigenvalue weighted by Gasteiger charge is 2.35. The largest absolute Gasteiger partial charge is 0.508 e. The highest BCUT2D eigenvalue weighted by atomic mass is 16.6. The Bertz CT molecular complexity index is 3030. The zero-order valence-corrected chi connectivity index (χ0v) is 60.7. The van der Waals surface area contributed by atoms with Crippen LogP contribution >= 0.6 is 0 Å². The summed E-state index contributed by atoms with van der Waals surface area (Å²) in [5, 5.41) is 41.3. The lowest BCUT2D eigenvalue weighted by Gasteiger charge is -2.28. The number of phenols is 1. The Kier molecular flexibility index (Phi) is 32.2. The van der Waals surface area contributed by atoms with Crippen LogP contribution < -0.4 is 58.5 Å². The molecule has 1 aliphatic rings. The van der Waals surface area contributed by atoms with Gasteiger partial charge in [-0.2, -0.15) is 0 Å². The van der Waals surface area contributed by atoms with Gasteiger partial charge < -0.3 is 92.0 Å². The van der Waals surface area contributed by atoms with E-state index < -0.39 is 136 Å². The van der Waals surface area contributed by atoms with Crippen molar-refractivity contribution in [3.8, 4) is 16.9 Å². The molecule has 12 N–H and O–H groups in total. The molecule has 0 spiro atoms. The number of carbonyl (C=O) groups is 11. The van der Waals surface area contributed by atoms with Gasteiger partial charge in [0.2, 0.25) is 29.5 Å². The monoisotopic (exact) mass is 1380 g/mol. The topological polar surface area (TPSA) is 396 Å². The fourth-order valence-electron chi connectivity index (χ4n) is 9.57. The van der Waals surface area contributed by atoms with Gasteiger partial charge in [-0.05, 0) is 210 Å². The molecule has 1 heterocycles. The summed E-state index contributed by atoms with van der Waals surface area (Å²) >= 11 is 0. The fourth-order valence-corrected chi connectivity index (χ4v) is 9.57. The molecule has 0 unspecified atom stereocenters. The number of phenolic OH excluding ortho intramolecular Hbond substituents is 1. The number of alkyl carbamates (subject to hydrolysis) is 6. The van der Waals surface area contributed by atoms with E-state index in [0.29, 0.717) is 23.1 Å². The molecule has 550 valence electrons. The van der Waals surface area contributed by atoms with Crippen molar-refractivity contribution in [1.82, 2.24) is 58.5 Å². The van der Waals surface area contributed by atoms with E-state index >= 15 is 9.59 Å². The highest BCUT2D eigenvalue weighted by Crippen LogP contribution is 2.29. The van der Waals surface area contributed by atoms with Crippen molar-refractivity contribution >= 4 is 66.1 Å². The molecule has 4 bridgehead atoms. The molecule has 0 saturated carbocycles. The molecule has 2 aromatic rings. The zero-order chi connectivity index (χ0) is 74.0. The van der Waals surface area contributed by atoms with Crippen LogP contribution in [0.5, 0.6) is 5.75 Å². The Morgan fingerprint density at radius 3 is 1.46 bits per heavy atom. The number of hydrogen-bond acceptors (Lipinski definition) is 18. The van der Waals surface area contributed by atoms with Gasteiger partial charge in [0.1, 0.15) is 63.5 Å². The summed E-state index contributed by atoms with van der Waals surface area (Å²) in [6.07, 6.45) is -4.64. The maximum absolute atomic E-state index is 15.2. The van der Waals surface area contributed by atoms with Crippen LogP contribution in [0.25, 0.3) is 11.1 Å². The molecule has 3 rings (SSSR count). The average molecular weight is 1380 g/mol. The van der Waals surface area contributed by atoms with Crippen LogP contribution in [0.1, 0.15) is 194 Å². The fraction of sp³-hybridized carbons (Fsp3) is 0.667. The van der Waals surface area contributed by atoms with Gasteiger partial charge in [-0.3, -0.25) is 24.0 Å². The second-order valence-electron chi connectivity index (χ2n) is 30.2. The molecule has 0 radical (unpaired) electrons. The van der Waals surface area contributed by atoms with Crippen molar-refractivity contribution in [2.45, 2.75) is 265 Å². The minimum absolute atomic E-state index is 0.0313. The number of rotatable bonds is 26. The number of ether oxygens (including phenoxy) is 6. The number of aromatic hydroxyl groups is 1. The summed E-state index contributed by atoms with van der Waals surface area (Å²) in [5.74, 6) is -4.18. The molecule has 6 atom stereocenters. The summed E-state index contributed by atoms with van der Waals surface area (Å²) in [5.41, 5.74) is -3.13. The minimum Gasteiger partial charge on any atom is -0.508 e. The van der Waals surface area contributed by atoms with E-state index in [1.165, 1.54) is 6.07 Å². The van der Waals surface area contributed by atoms with E-state index in [0.717, 1.165) is 0 Å². The van der Waals surface area contributed by atoms with Gasteiger partial charge in [-0.25, -0.2) is 28.8 Å². The molecular weight excluding hydrogens is 1270 g/mol. The van der Waals surface area contributed by atoms with E-state index in [9.17, 15) is 48.3 Å². The van der Waals surface area contributed by atoms with E-state index in [1.807, 2.05) is 0 Å². The molecule has 1 aliphatic heterocycles. The average Bonchev–Trinajstić information content (AvgIpc) is 1.17. The van der Waals surface area contributed by atoms with Crippen molar-refractivity contribution in [1.29, 1.82) is 0 Å². The molecule has 0 saturated heterocycles. The molecule has 0 aliphatic carbocycles. The van der Waals surface area contributed by atoms with Crippen LogP contribution in [0, 0.1) is 0 Å². The van der Waals surface area contributed by atoms with E-state index in [4.69, 9.17) is 28.4 Å². The molecule has 0 fully saturated rings. The minimum atomic E-state index is -1.50. The normalized spacial score (nSPS) is 16.3. The van der Waals surface area contributed by atoms with Crippen LogP contribution in [-0.4, -0.2) is 174 Å². The number of carbonyl (C=O) groups excluding carboxylic acids is 11. The van der Waals surface area contributed by atoms with Gasteiger partial charge in [0.25, 0.3) is 0 Å². The quantitative estimate of drug-likeness (QED) is 0.0318. The number of nitrogens with one attached hydrogen (secondary N) is 11. The molecule has 0 aromatic heterocycles. The van der Waals surface area contributed by atoms with Gasteiger partial charge in [-0.15, -0.1) is 0 Å². The standard InChI is InChI=1S/C69H111N11O18/c1-64(2,3)93-58(87)70-32-20-26-46(40-53(82)74-41-47(76-62(91)97-68(13,14)15)27-21-33-71-59(88)94-65(4,5)6)75-54(83)48(28-22-34-72-60(89)95-66(7,8)9)77-56(85)50-37-42-24-19-25-43(36-42)44-30-31-52(81)45(38-44)39-51(80-63(92)98-69(16,17)18)57(86)78-49(55(84)79-50)29-23-35-73-61(90)96-67(10,11)12/h19,24-25,30-31,36,38,46-51,81H,20-23,26-29,32-35,37,39-41H2,1-18H3,(H,70,87)(H,71,88)(H,72,89)(H,73,90)(H,74,82)(H,75,83)(H,76,91)(H,77,85)(H,78,86)(H,79,84)(H,80,92)/t46-,47-,48-,49-,50-,51-/m0/s1. The summed E-state index contributed by atoms with van der Waals surface area (Å²) in [7, 11) is 0. The predicted molar refractivity (Wildman–Crippen MR) is 366 cm³/mol. The van der Waals surface area contributed by atoms with E-state index in [2.05, 4.69) is 58.5 Å². The Morgan fingerprint density at radius 1 is 0.490 bits per heavy atom. The summed E-state index contributed by atoms with van der Waals surface area (Å²) in [6.45, 7) is 30.4. The van der Waals surface area contributed by atoms with Crippen molar-refractivity contribution in [3.05, 3.63) is 53.6 Å². The molecule has 11 amide bonds. The summed E-state index contributed by atoms with van der Waals surface area (Å²) < 4.78 is 32.6. The lowest BCUT2D eigenvalue weighted by atomic mass is 9.95. The first-order valence-corrected chi connectivity index (χ1v) is 33.5. The Hall–Kier alpha value is -8.79. The first-order valence-electron chi connectivity index (χ1n) is 33.5. The van der Waals surface area contributed by atoms with Crippen LogP contribution in [-0.2, 0) is 65.2 Å². The Morgan fingerprint density at radius 2 is 0.949 bits per heavy atom. The third-order valence-electron chi connectivity index (χ3n) is 13.6. The van der Waals surface area contributed by atoms with Crippen LogP contribution in [0.2, 0.25) is 0 Å². The zero-order valence-electron chi connectivity index (χ0n) is 60.7. The molecule has 29 heteroatoms. The molecule has 98 heavy (non-hydrogen) atoms. The number of hydrogen-bond donors (Lipinski definition) is 12. The maximum Gasteiger partial charge on any atom is 0.408 e. The van der Waals surface area contributed by atoms with Crippen molar-refractivity contribution in [3.63, 3.8) is 0 Å².